The third kappa shape index (κ3) is 1.58. The summed E-state index contributed by atoms with van der Waals surface area (Å²) >= 11 is 3.35. The van der Waals surface area contributed by atoms with Gasteiger partial charge in [0, 0.05) is 11.9 Å². The van der Waals surface area contributed by atoms with E-state index < -0.39 is 0 Å². The summed E-state index contributed by atoms with van der Waals surface area (Å²) in [5, 5.41) is 0. The predicted molar refractivity (Wildman–Crippen MR) is 54.1 cm³/mol. The SMILES string of the molecule is Nc1ccnc(-c2occc2Br)c1. The summed E-state index contributed by atoms with van der Waals surface area (Å²) in [5.74, 6) is 0.701. The van der Waals surface area contributed by atoms with Crippen molar-refractivity contribution in [2.45, 2.75) is 0 Å². The monoisotopic (exact) mass is 238 g/mol. The van der Waals surface area contributed by atoms with Crippen LogP contribution in [0.4, 0.5) is 5.69 Å². The first kappa shape index (κ1) is 8.31. The van der Waals surface area contributed by atoms with Gasteiger partial charge >= 0.3 is 0 Å². The quantitative estimate of drug-likeness (QED) is 0.832. The Kier molecular flexibility index (Phi) is 2.06. The highest BCUT2D eigenvalue weighted by molar-refractivity contribution is 9.10. The Balaban J connectivity index is 2.53. The summed E-state index contributed by atoms with van der Waals surface area (Å²) < 4.78 is 6.12. The van der Waals surface area contributed by atoms with Gasteiger partial charge in [0.25, 0.3) is 0 Å². The number of furan rings is 1. The highest BCUT2D eigenvalue weighted by Crippen LogP contribution is 2.28. The van der Waals surface area contributed by atoms with Crippen molar-refractivity contribution in [1.82, 2.24) is 4.98 Å². The van der Waals surface area contributed by atoms with Gasteiger partial charge in [-0.3, -0.25) is 4.98 Å². The van der Waals surface area contributed by atoms with Gasteiger partial charge in [-0.2, -0.15) is 0 Å². The predicted octanol–water partition coefficient (Wildman–Crippen LogP) is 2.69. The van der Waals surface area contributed by atoms with Crippen LogP contribution in [0.15, 0.2) is 39.5 Å². The van der Waals surface area contributed by atoms with E-state index in [1.807, 2.05) is 6.07 Å². The molecule has 4 heteroatoms. The van der Waals surface area contributed by atoms with Crippen molar-refractivity contribution in [2.75, 3.05) is 5.73 Å². The number of aromatic nitrogens is 1. The maximum absolute atomic E-state index is 5.62. The van der Waals surface area contributed by atoms with Crippen molar-refractivity contribution in [3.05, 3.63) is 35.1 Å². The molecule has 0 saturated heterocycles. The minimum atomic E-state index is 0.674. The molecule has 2 N–H and O–H groups in total. The number of halogens is 1. The second-order valence-corrected chi connectivity index (χ2v) is 3.43. The molecule has 0 unspecified atom stereocenters. The van der Waals surface area contributed by atoms with Gasteiger partial charge in [0.15, 0.2) is 5.76 Å². The van der Waals surface area contributed by atoms with Crippen LogP contribution in [0.2, 0.25) is 0 Å². The maximum Gasteiger partial charge on any atom is 0.166 e. The van der Waals surface area contributed by atoms with Gasteiger partial charge < -0.3 is 10.2 Å². The number of hydrogen-bond acceptors (Lipinski definition) is 3. The van der Waals surface area contributed by atoms with Crippen LogP contribution < -0.4 is 5.73 Å². The Morgan fingerprint density at radius 3 is 2.85 bits per heavy atom. The smallest absolute Gasteiger partial charge is 0.166 e. The first-order chi connectivity index (χ1) is 6.27. The van der Waals surface area contributed by atoms with Crippen LogP contribution in [0.1, 0.15) is 0 Å². The van der Waals surface area contributed by atoms with Crippen molar-refractivity contribution in [3.8, 4) is 11.5 Å². The zero-order valence-corrected chi connectivity index (χ0v) is 8.28. The maximum atomic E-state index is 5.62. The molecule has 2 aromatic heterocycles. The van der Waals surface area contributed by atoms with Crippen LogP contribution in [-0.2, 0) is 0 Å². The highest BCUT2D eigenvalue weighted by atomic mass is 79.9. The summed E-state index contributed by atoms with van der Waals surface area (Å²) in [7, 11) is 0. The van der Waals surface area contributed by atoms with E-state index in [4.69, 9.17) is 10.2 Å². The van der Waals surface area contributed by atoms with Gasteiger partial charge in [-0.05, 0) is 34.1 Å². The Hall–Kier alpha value is -1.29. The molecule has 0 aromatic carbocycles. The lowest BCUT2D eigenvalue weighted by Crippen LogP contribution is -1.87. The summed E-state index contributed by atoms with van der Waals surface area (Å²) in [5.41, 5.74) is 7.03. The molecule has 2 aromatic rings. The minimum absolute atomic E-state index is 0.674. The normalized spacial score (nSPS) is 10.2. The van der Waals surface area contributed by atoms with E-state index in [9.17, 15) is 0 Å². The summed E-state index contributed by atoms with van der Waals surface area (Å²) in [6, 6.07) is 5.32. The number of nitrogens with two attached hydrogens (primary N) is 1. The van der Waals surface area contributed by atoms with Crippen LogP contribution in [-0.4, -0.2) is 4.98 Å². The number of nitrogens with zero attached hydrogens (tertiary/aromatic N) is 1. The largest absolute Gasteiger partial charge is 0.461 e. The Morgan fingerprint density at radius 2 is 2.23 bits per heavy atom. The third-order valence-corrected chi connectivity index (χ3v) is 2.26. The van der Waals surface area contributed by atoms with Gasteiger partial charge in [0.1, 0.15) is 5.69 Å². The minimum Gasteiger partial charge on any atom is -0.461 e. The number of hydrogen-bond donors (Lipinski definition) is 1. The van der Waals surface area contributed by atoms with Crippen LogP contribution in [0.3, 0.4) is 0 Å². The lowest BCUT2D eigenvalue weighted by atomic mass is 10.3. The molecule has 0 bridgehead atoms. The molecule has 0 spiro atoms. The molecule has 0 aliphatic heterocycles. The van der Waals surface area contributed by atoms with E-state index in [1.165, 1.54) is 0 Å². The van der Waals surface area contributed by atoms with Crippen molar-refractivity contribution >= 4 is 21.6 Å². The molecule has 0 aliphatic carbocycles. The summed E-state index contributed by atoms with van der Waals surface area (Å²) in [6.45, 7) is 0. The molecule has 0 fully saturated rings. The van der Waals surface area contributed by atoms with E-state index >= 15 is 0 Å². The zero-order valence-electron chi connectivity index (χ0n) is 6.70. The van der Waals surface area contributed by atoms with Crippen molar-refractivity contribution < 1.29 is 4.42 Å². The van der Waals surface area contributed by atoms with Crippen molar-refractivity contribution in [3.63, 3.8) is 0 Å². The first-order valence-electron chi connectivity index (χ1n) is 3.72. The molecule has 2 heterocycles. The first-order valence-corrected chi connectivity index (χ1v) is 4.51. The average molecular weight is 239 g/mol. The lowest BCUT2D eigenvalue weighted by molar-refractivity contribution is 0.579. The fourth-order valence-electron chi connectivity index (χ4n) is 1.05. The van der Waals surface area contributed by atoms with Crippen LogP contribution in [0, 0.1) is 0 Å². The van der Waals surface area contributed by atoms with Crippen molar-refractivity contribution in [1.29, 1.82) is 0 Å². The molecular formula is C9H7BrN2O. The molecule has 13 heavy (non-hydrogen) atoms. The van der Waals surface area contributed by atoms with Crippen LogP contribution in [0.5, 0.6) is 0 Å². The van der Waals surface area contributed by atoms with E-state index in [0.29, 0.717) is 11.4 Å². The van der Waals surface area contributed by atoms with Crippen LogP contribution in [0.25, 0.3) is 11.5 Å². The lowest BCUT2D eigenvalue weighted by Gasteiger charge is -1.97. The van der Waals surface area contributed by atoms with E-state index in [2.05, 4.69) is 20.9 Å². The van der Waals surface area contributed by atoms with E-state index in [-0.39, 0.29) is 0 Å². The van der Waals surface area contributed by atoms with E-state index in [1.54, 1.807) is 24.6 Å². The van der Waals surface area contributed by atoms with Gasteiger partial charge in [0.2, 0.25) is 0 Å². The molecule has 3 nitrogen and oxygen atoms in total. The van der Waals surface area contributed by atoms with Gasteiger partial charge in [-0.1, -0.05) is 0 Å². The zero-order chi connectivity index (χ0) is 9.26. The van der Waals surface area contributed by atoms with Gasteiger partial charge in [-0.25, -0.2) is 0 Å². The Labute approximate surface area is 83.7 Å². The molecule has 0 aliphatic rings. The van der Waals surface area contributed by atoms with Crippen molar-refractivity contribution in [2.24, 2.45) is 0 Å². The average Bonchev–Trinajstić information content (AvgIpc) is 2.51. The molecule has 0 amide bonds. The standard InChI is InChI=1S/C9H7BrN2O/c10-7-2-4-13-9(7)8-5-6(11)1-3-12-8/h1-5H,(H2,11,12). The Morgan fingerprint density at radius 1 is 1.38 bits per heavy atom. The molecular weight excluding hydrogens is 232 g/mol. The van der Waals surface area contributed by atoms with Gasteiger partial charge in [-0.15, -0.1) is 0 Å². The third-order valence-electron chi connectivity index (χ3n) is 1.63. The highest BCUT2D eigenvalue weighted by Gasteiger charge is 2.07. The molecule has 66 valence electrons. The fourth-order valence-corrected chi connectivity index (χ4v) is 1.45. The van der Waals surface area contributed by atoms with E-state index in [0.717, 1.165) is 10.2 Å². The summed E-state index contributed by atoms with van der Waals surface area (Å²) in [4.78, 5) is 4.14. The summed E-state index contributed by atoms with van der Waals surface area (Å²) in [6.07, 6.45) is 3.25. The second kappa shape index (κ2) is 3.22. The number of nitrogen functional groups attached to an aromatic ring is 1. The molecule has 2 rings (SSSR count). The molecule has 0 saturated carbocycles. The second-order valence-electron chi connectivity index (χ2n) is 2.57. The topological polar surface area (TPSA) is 52.0 Å². The molecule has 0 atom stereocenters. The number of pyridine rings is 1. The number of anilines is 1. The van der Waals surface area contributed by atoms with Crippen LogP contribution >= 0.6 is 15.9 Å². The Bertz CT molecular complexity index is 425. The van der Waals surface area contributed by atoms with Gasteiger partial charge in [0.05, 0.1) is 10.7 Å². The molecule has 0 radical (unpaired) electrons. The number of rotatable bonds is 1. The fraction of sp³-hybridized carbons (Fsp3) is 0.